The predicted molar refractivity (Wildman–Crippen MR) is 164 cm³/mol. The number of alkyl halides is 3. The lowest BCUT2D eigenvalue weighted by Gasteiger charge is -2.41. The summed E-state index contributed by atoms with van der Waals surface area (Å²) in [7, 11) is -6.15. The number of amides is 2. The Kier molecular flexibility index (Phi) is 6.27. The molecule has 252 valence electrons. The van der Waals surface area contributed by atoms with Crippen molar-refractivity contribution in [2.75, 3.05) is 6.98 Å². The van der Waals surface area contributed by atoms with Crippen LogP contribution >= 0.6 is 0 Å². The Morgan fingerprint density at radius 3 is 2.46 bits per heavy atom. The summed E-state index contributed by atoms with van der Waals surface area (Å²) in [5.74, 6) is -2.34. The molecule has 1 fully saturated rings. The molecule has 4 aromatic rings. The van der Waals surface area contributed by atoms with Crippen LogP contribution in [0.2, 0.25) is 0 Å². The molecular weight excluding hydrogens is 653 g/mol. The van der Waals surface area contributed by atoms with Crippen LogP contribution in [0.3, 0.4) is 0 Å². The number of hydrogen-bond donors (Lipinski definition) is 1. The van der Waals surface area contributed by atoms with Crippen LogP contribution in [-0.4, -0.2) is 63.0 Å². The highest BCUT2D eigenvalue weighted by molar-refractivity contribution is 7.88. The molecule has 2 atom stereocenters. The summed E-state index contributed by atoms with van der Waals surface area (Å²) in [5.41, 5.74) is -5.53. The fourth-order valence-electron chi connectivity index (χ4n) is 6.57. The number of carbonyl (C=O) groups excluding carboxylic acids is 2. The highest BCUT2D eigenvalue weighted by Gasteiger charge is 2.51. The Hall–Kier alpha value is -4.73. The maximum atomic E-state index is 13.8. The maximum Gasteiger partial charge on any atom is 0.534 e. The zero-order valence-electron chi connectivity index (χ0n) is 28.8. The predicted octanol–water partition coefficient (Wildman–Crippen LogP) is 5.59. The van der Waals surface area contributed by atoms with E-state index in [0.717, 1.165) is 18.6 Å². The van der Waals surface area contributed by atoms with Gasteiger partial charge in [-0.15, -0.1) is 0 Å². The van der Waals surface area contributed by atoms with Gasteiger partial charge in [0.15, 0.2) is 5.82 Å². The van der Waals surface area contributed by atoms with Gasteiger partial charge in [-0.3, -0.25) is 4.79 Å². The van der Waals surface area contributed by atoms with E-state index >= 15 is 0 Å². The van der Waals surface area contributed by atoms with Crippen molar-refractivity contribution in [3.8, 4) is 16.9 Å². The number of hydrogen-bond acceptors (Lipinski definition) is 9. The molecule has 3 aliphatic rings. The number of nitrogens with one attached hydrogen (secondary N) is 1. The lowest BCUT2D eigenvalue weighted by Crippen LogP contribution is -2.53. The van der Waals surface area contributed by atoms with Crippen LogP contribution in [0.5, 0.6) is 5.75 Å². The highest BCUT2D eigenvalue weighted by Crippen LogP contribution is 2.54. The zero-order chi connectivity index (χ0) is 36.9. The number of pyridine rings is 1. The van der Waals surface area contributed by atoms with E-state index in [1.165, 1.54) is 10.6 Å². The molecule has 12 nitrogen and oxygen atoms in total. The summed E-state index contributed by atoms with van der Waals surface area (Å²) in [6.07, 6.45) is 6.18. The molecule has 0 saturated heterocycles. The minimum Gasteiger partial charge on any atom is -0.444 e. The number of alkyl carbamates (subject to hydrolysis) is 1. The Balaban J connectivity index is 1.31. The maximum absolute atomic E-state index is 13.8. The van der Waals surface area contributed by atoms with Crippen molar-refractivity contribution in [1.82, 2.24) is 29.8 Å². The molecular formula is C32H31F3N6O6S. The van der Waals surface area contributed by atoms with Crippen LogP contribution < -0.4 is 9.50 Å². The van der Waals surface area contributed by atoms with Gasteiger partial charge in [0.2, 0.25) is 0 Å². The molecule has 2 bridgehead atoms. The number of ether oxygens (including phenoxy) is 1. The fourth-order valence-corrected chi connectivity index (χ4v) is 7.04. The van der Waals surface area contributed by atoms with Gasteiger partial charge in [0, 0.05) is 57.9 Å². The van der Waals surface area contributed by atoms with E-state index in [4.69, 9.17) is 8.85 Å². The second kappa shape index (κ2) is 10.6. The first-order chi connectivity index (χ1) is 23.7. The fraction of sp³-hybridized carbons (Fsp3) is 0.406. The summed E-state index contributed by atoms with van der Waals surface area (Å²) in [6.45, 7) is 2.30. The number of fused-ring (bicyclic) bond motifs is 9. The molecule has 0 unspecified atom stereocenters. The molecule has 16 heteroatoms. The molecule has 2 aliphatic carbocycles. The standard InChI is InChI=1S/C32H31F3N6O6S/c1-30(2,3)46-29(43)38-31(10-6-11-31)28-36-15-18(16-37-28)17-9-12-41-21(13-17)25-20-14-22(26(25)39-41)40(4)27(42)19-7-5-8-23(24(19)20)47-48(44,45)32(33,34)35/h5,7-9,12-13,15-16,20,22H,6,10-11,14H2,1-4H3,(H,38,43)/t20-,22-/m1/s1/i4D3. The second-order valence-corrected chi connectivity index (χ2v) is 14.6. The van der Waals surface area contributed by atoms with Crippen LogP contribution in [0.25, 0.3) is 16.6 Å². The highest BCUT2D eigenvalue weighted by atomic mass is 32.2. The summed E-state index contributed by atoms with van der Waals surface area (Å²) >= 11 is 0. The lowest BCUT2D eigenvalue weighted by molar-refractivity contribution is -0.0500. The first-order valence-electron chi connectivity index (χ1n) is 16.5. The van der Waals surface area contributed by atoms with Crippen molar-refractivity contribution in [1.29, 1.82) is 0 Å². The number of aromatic nitrogens is 4. The van der Waals surface area contributed by atoms with Crippen LogP contribution in [0.1, 0.15) is 95.5 Å². The van der Waals surface area contributed by atoms with E-state index in [0.29, 0.717) is 45.8 Å². The van der Waals surface area contributed by atoms with Gasteiger partial charge in [-0.25, -0.2) is 19.3 Å². The van der Waals surface area contributed by atoms with Crippen LogP contribution in [0.4, 0.5) is 18.0 Å². The second-order valence-electron chi connectivity index (χ2n) is 13.1. The van der Waals surface area contributed by atoms with Gasteiger partial charge in [0.05, 0.1) is 17.3 Å². The normalized spacial score (nSPS) is 21.2. The van der Waals surface area contributed by atoms with Crippen molar-refractivity contribution >= 4 is 27.6 Å². The average molecular weight is 688 g/mol. The van der Waals surface area contributed by atoms with Gasteiger partial charge in [0.25, 0.3) is 5.91 Å². The molecule has 48 heavy (non-hydrogen) atoms. The summed E-state index contributed by atoms with van der Waals surface area (Å²) in [4.78, 5) is 36.1. The van der Waals surface area contributed by atoms with Gasteiger partial charge in [-0.2, -0.15) is 26.7 Å². The van der Waals surface area contributed by atoms with Gasteiger partial charge in [0.1, 0.15) is 16.9 Å². The Bertz CT molecular complexity index is 2200. The number of nitrogens with zero attached hydrogens (tertiary/aromatic N) is 5. The van der Waals surface area contributed by atoms with E-state index in [1.54, 1.807) is 51.5 Å². The molecule has 1 aliphatic heterocycles. The van der Waals surface area contributed by atoms with Gasteiger partial charge >= 0.3 is 21.7 Å². The number of halogens is 3. The molecule has 4 heterocycles. The minimum atomic E-state index is -6.15. The van der Waals surface area contributed by atoms with E-state index in [1.807, 2.05) is 0 Å². The average Bonchev–Trinajstić information content (AvgIpc) is 3.49. The third-order valence-electron chi connectivity index (χ3n) is 8.84. The molecule has 0 radical (unpaired) electrons. The van der Waals surface area contributed by atoms with Crippen molar-refractivity contribution in [3.05, 3.63) is 77.1 Å². The molecule has 3 aromatic heterocycles. The molecule has 1 N–H and O–H groups in total. The summed E-state index contributed by atoms with van der Waals surface area (Å²) in [5, 5.41) is 7.51. The smallest absolute Gasteiger partial charge is 0.444 e. The third-order valence-corrected chi connectivity index (χ3v) is 9.81. The molecule has 2 amide bonds. The van der Waals surface area contributed by atoms with Crippen LogP contribution in [0, 0.1) is 0 Å². The topological polar surface area (TPSA) is 145 Å². The van der Waals surface area contributed by atoms with Crippen LogP contribution in [0.15, 0.2) is 48.9 Å². The number of benzene rings is 1. The number of carbonyl (C=O) groups is 2. The molecule has 7 rings (SSSR count). The Morgan fingerprint density at radius 2 is 1.83 bits per heavy atom. The van der Waals surface area contributed by atoms with Gasteiger partial charge in [-0.1, -0.05) is 6.07 Å². The monoisotopic (exact) mass is 687 g/mol. The largest absolute Gasteiger partial charge is 0.534 e. The van der Waals surface area contributed by atoms with E-state index in [2.05, 4.69) is 24.6 Å². The SMILES string of the molecule is [2H]C([2H])([2H])N1C(=O)c2cccc(OS(=O)(=O)C(F)(F)F)c2[C@H]2C[C@@H]1c1nn3ccc(-c4cnc(C5(NC(=O)OC(C)(C)C)CCC5)nc4)cc3c12. The minimum absolute atomic E-state index is 0.105. The molecule has 1 saturated carbocycles. The van der Waals surface area contributed by atoms with Crippen molar-refractivity contribution < 1.29 is 44.2 Å². The van der Waals surface area contributed by atoms with Crippen molar-refractivity contribution in [2.45, 2.75) is 75.1 Å². The third kappa shape index (κ3) is 5.13. The van der Waals surface area contributed by atoms with Crippen molar-refractivity contribution in [3.63, 3.8) is 0 Å². The zero-order valence-corrected chi connectivity index (χ0v) is 26.6. The van der Waals surface area contributed by atoms with Gasteiger partial charge < -0.3 is 19.1 Å². The summed E-state index contributed by atoms with van der Waals surface area (Å²) in [6, 6.07) is 5.66. The van der Waals surface area contributed by atoms with E-state index < -0.39 is 63.5 Å². The van der Waals surface area contributed by atoms with E-state index in [9.17, 15) is 31.2 Å². The quantitative estimate of drug-likeness (QED) is 0.210. The first-order valence-corrected chi connectivity index (χ1v) is 16.4. The molecule has 0 spiro atoms. The lowest BCUT2D eigenvalue weighted by atomic mass is 9.76. The first kappa shape index (κ1) is 28.3. The Labute approximate surface area is 277 Å². The van der Waals surface area contributed by atoms with Crippen LogP contribution in [-0.2, 0) is 20.4 Å². The van der Waals surface area contributed by atoms with Gasteiger partial charge in [-0.05, 0) is 76.3 Å². The molecule has 1 aromatic carbocycles. The van der Waals surface area contributed by atoms with Crippen molar-refractivity contribution in [2.24, 2.45) is 0 Å². The Morgan fingerprint density at radius 1 is 1.10 bits per heavy atom. The number of rotatable bonds is 5. The summed E-state index contributed by atoms with van der Waals surface area (Å²) < 4.78 is 101. The van der Waals surface area contributed by atoms with E-state index in [-0.39, 0.29) is 23.2 Å².